The molecule has 1 amide bonds. The van der Waals surface area contributed by atoms with Crippen molar-refractivity contribution in [3.05, 3.63) is 83.2 Å². The Bertz CT molecular complexity index is 1210. The Hall–Kier alpha value is -3.67. The standard InChI is InChI=1S/C25H26N4O2/c1-16-14-17(2)29-25(26-16)22(24(28-29)20-10-12-21(31-4)13-11-20)15-23(30)27-18(3)19-8-6-5-7-9-19/h5-14,18H,15H2,1-4H3,(H,27,30). The Morgan fingerprint density at radius 3 is 2.48 bits per heavy atom. The van der Waals surface area contributed by atoms with E-state index in [-0.39, 0.29) is 18.4 Å². The molecule has 6 nitrogen and oxygen atoms in total. The second-order valence-corrected chi connectivity index (χ2v) is 7.71. The first-order valence-corrected chi connectivity index (χ1v) is 10.3. The van der Waals surface area contributed by atoms with E-state index in [0.29, 0.717) is 5.65 Å². The second kappa shape index (κ2) is 8.60. The largest absolute Gasteiger partial charge is 0.497 e. The molecular weight excluding hydrogens is 388 g/mol. The van der Waals surface area contributed by atoms with Gasteiger partial charge >= 0.3 is 0 Å². The van der Waals surface area contributed by atoms with E-state index in [1.165, 1.54) is 0 Å². The highest BCUT2D eigenvalue weighted by Gasteiger charge is 2.21. The van der Waals surface area contributed by atoms with E-state index in [2.05, 4.69) is 5.32 Å². The molecule has 2 aromatic heterocycles. The molecule has 0 saturated heterocycles. The third kappa shape index (κ3) is 4.28. The number of aryl methyl sites for hydroxylation is 2. The van der Waals surface area contributed by atoms with E-state index in [9.17, 15) is 4.79 Å². The van der Waals surface area contributed by atoms with Gasteiger partial charge in [-0.05, 0) is 56.7 Å². The number of rotatable bonds is 6. The van der Waals surface area contributed by atoms with Crippen LogP contribution in [0.4, 0.5) is 0 Å². The summed E-state index contributed by atoms with van der Waals surface area (Å²) in [5.41, 5.74) is 6.14. The number of methoxy groups -OCH3 is 1. The van der Waals surface area contributed by atoms with Gasteiger partial charge < -0.3 is 10.1 Å². The Morgan fingerprint density at radius 1 is 1.10 bits per heavy atom. The average molecular weight is 415 g/mol. The van der Waals surface area contributed by atoms with E-state index in [1.807, 2.05) is 86.0 Å². The molecule has 0 saturated carbocycles. The van der Waals surface area contributed by atoms with Gasteiger partial charge in [0.15, 0.2) is 5.65 Å². The highest BCUT2D eigenvalue weighted by molar-refractivity contribution is 5.85. The maximum absolute atomic E-state index is 13.0. The lowest BCUT2D eigenvalue weighted by molar-refractivity contribution is -0.121. The maximum Gasteiger partial charge on any atom is 0.225 e. The number of amides is 1. The molecule has 0 aliphatic heterocycles. The van der Waals surface area contributed by atoms with Crippen LogP contribution in [-0.4, -0.2) is 27.6 Å². The smallest absolute Gasteiger partial charge is 0.225 e. The number of nitrogens with one attached hydrogen (secondary N) is 1. The number of hydrogen-bond donors (Lipinski definition) is 1. The average Bonchev–Trinajstić information content (AvgIpc) is 3.12. The van der Waals surface area contributed by atoms with Crippen molar-refractivity contribution in [1.82, 2.24) is 19.9 Å². The summed E-state index contributed by atoms with van der Waals surface area (Å²) < 4.78 is 7.09. The molecule has 0 aliphatic rings. The Kier molecular flexibility index (Phi) is 5.71. The van der Waals surface area contributed by atoms with Crippen molar-refractivity contribution in [2.75, 3.05) is 7.11 Å². The van der Waals surface area contributed by atoms with Gasteiger partial charge in [-0.2, -0.15) is 5.10 Å². The van der Waals surface area contributed by atoms with E-state index in [0.717, 1.165) is 39.5 Å². The summed E-state index contributed by atoms with van der Waals surface area (Å²) in [6.45, 7) is 5.93. The molecule has 0 spiro atoms. The summed E-state index contributed by atoms with van der Waals surface area (Å²) in [4.78, 5) is 17.7. The normalized spacial score (nSPS) is 12.0. The van der Waals surface area contributed by atoms with Crippen LogP contribution in [0.25, 0.3) is 16.9 Å². The zero-order valence-electron chi connectivity index (χ0n) is 18.2. The highest BCUT2D eigenvalue weighted by atomic mass is 16.5. The van der Waals surface area contributed by atoms with Crippen LogP contribution in [0.15, 0.2) is 60.7 Å². The van der Waals surface area contributed by atoms with Crippen LogP contribution in [0.1, 0.15) is 35.5 Å². The number of ether oxygens (including phenoxy) is 1. The molecule has 4 aromatic rings. The van der Waals surface area contributed by atoms with Crippen molar-refractivity contribution >= 4 is 11.6 Å². The van der Waals surface area contributed by atoms with E-state index >= 15 is 0 Å². The summed E-state index contributed by atoms with van der Waals surface area (Å²) in [6, 6.07) is 19.5. The van der Waals surface area contributed by atoms with Gasteiger partial charge in [0.2, 0.25) is 5.91 Å². The summed E-state index contributed by atoms with van der Waals surface area (Å²) in [6.07, 6.45) is 0.192. The SMILES string of the molecule is COc1ccc(-c2nn3c(C)cc(C)nc3c2CC(=O)NC(C)c2ccccc2)cc1. The summed E-state index contributed by atoms with van der Waals surface area (Å²) in [7, 11) is 1.64. The van der Waals surface area contributed by atoms with Gasteiger partial charge in [0.05, 0.1) is 25.3 Å². The van der Waals surface area contributed by atoms with E-state index < -0.39 is 0 Å². The number of benzene rings is 2. The van der Waals surface area contributed by atoms with Crippen molar-refractivity contribution in [2.45, 2.75) is 33.2 Å². The van der Waals surface area contributed by atoms with Crippen LogP contribution >= 0.6 is 0 Å². The van der Waals surface area contributed by atoms with Crippen molar-refractivity contribution in [3.8, 4) is 17.0 Å². The fourth-order valence-electron chi connectivity index (χ4n) is 3.79. The van der Waals surface area contributed by atoms with Crippen LogP contribution in [0.3, 0.4) is 0 Å². The number of aromatic nitrogens is 3. The van der Waals surface area contributed by atoms with E-state index in [4.69, 9.17) is 14.8 Å². The zero-order chi connectivity index (χ0) is 22.0. The minimum Gasteiger partial charge on any atom is -0.497 e. The quantitative estimate of drug-likeness (QED) is 0.506. The van der Waals surface area contributed by atoms with Gasteiger partial charge in [0.1, 0.15) is 5.75 Å². The van der Waals surface area contributed by atoms with Crippen molar-refractivity contribution in [3.63, 3.8) is 0 Å². The molecule has 0 aliphatic carbocycles. The van der Waals surface area contributed by atoms with Crippen LogP contribution in [0, 0.1) is 13.8 Å². The first-order chi connectivity index (χ1) is 15.0. The molecule has 2 aromatic carbocycles. The van der Waals surface area contributed by atoms with Crippen LogP contribution in [0.2, 0.25) is 0 Å². The fourth-order valence-corrected chi connectivity index (χ4v) is 3.79. The molecular formula is C25H26N4O2. The van der Waals surface area contributed by atoms with Gasteiger partial charge in [0, 0.05) is 22.5 Å². The third-order valence-electron chi connectivity index (χ3n) is 5.37. The lowest BCUT2D eigenvalue weighted by Crippen LogP contribution is -2.28. The highest BCUT2D eigenvalue weighted by Crippen LogP contribution is 2.28. The Balaban J connectivity index is 1.71. The predicted octanol–water partition coefficient (Wildman–Crippen LogP) is 4.44. The van der Waals surface area contributed by atoms with Gasteiger partial charge in [-0.1, -0.05) is 30.3 Å². The lowest BCUT2D eigenvalue weighted by Gasteiger charge is -2.14. The lowest BCUT2D eigenvalue weighted by atomic mass is 10.0. The molecule has 4 rings (SSSR count). The van der Waals surface area contributed by atoms with Crippen molar-refractivity contribution in [1.29, 1.82) is 0 Å². The number of hydrogen-bond acceptors (Lipinski definition) is 4. The maximum atomic E-state index is 13.0. The first-order valence-electron chi connectivity index (χ1n) is 10.3. The van der Waals surface area contributed by atoms with Crippen LogP contribution in [-0.2, 0) is 11.2 Å². The minimum absolute atomic E-state index is 0.0676. The van der Waals surface area contributed by atoms with Gasteiger partial charge in [0.25, 0.3) is 0 Å². The number of carbonyl (C=O) groups excluding carboxylic acids is 1. The Labute approximate surface area is 181 Å². The molecule has 0 radical (unpaired) electrons. The molecule has 6 heteroatoms. The monoisotopic (exact) mass is 414 g/mol. The third-order valence-corrected chi connectivity index (χ3v) is 5.37. The summed E-state index contributed by atoms with van der Waals surface area (Å²) in [5, 5.41) is 7.90. The number of nitrogens with zero attached hydrogens (tertiary/aromatic N) is 3. The van der Waals surface area contributed by atoms with E-state index in [1.54, 1.807) is 7.11 Å². The van der Waals surface area contributed by atoms with Crippen molar-refractivity contribution < 1.29 is 9.53 Å². The van der Waals surface area contributed by atoms with Gasteiger partial charge in [-0.25, -0.2) is 9.50 Å². The number of fused-ring (bicyclic) bond motifs is 1. The molecule has 158 valence electrons. The fraction of sp³-hybridized carbons (Fsp3) is 0.240. The molecule has 0 bridgehead atoms. The Morgan fingerprint density at radius 2 is 1.81 bits per heavy atom. The first kappa shape index (κ1) is 20.6. The van der Waals surface area contributed by atoms with Crippen LogP contribution in [0.5, 0.6) is 5.75 Å². The molecule has 1 atom stereocenters. The molecule has 0 fully saturated rings. The zero-order valence-corrected chi connectivity index (χ0v) is 18.2. The predicted molar refractivity (Wildman–Crippen MR) is 121 cm³/mol. The second-order valence-electron chi connectivity index (χ2n) is 7.71. The van der Waals surface area contributed by atoms with Crippen LogP contribution < -0.4 is 10.1 Å². The summed E-state index contributed by atoms with van der Waals surface area (Å²) >= 11 is 0. The molecule has 2 heterocycles. The number of carbonyl (C=O) groups is 1. The molecule has 1 unspecified atom stereocenters. The molecule has 31 heavy (non-hydrogen) atoms. The minimum atomic E-state index is -0.0867. The summed E-state index contributed by atoms with van der Waals surface area (Å²) in [5.74, 6) is 0.704. The van der Waals surface area contributed by atoms with Gasteiger partial charge in [-0.3, -0.25) is 4.79 Å². The topological polar surface area (TPSA) is 68.5 Å². The van der Waals surface area contributed by atoms with Gasteiger partial charge in [-0.15, -0.1) is 0 Å². The van der Waals surface area contributed by atoms with Crippen molar-refractivity contribution in [2.24, 2.45) is 0 Å². The molecule has 1 N–H and O–H groups in total.